The second kappa shape index (κ2) is 11.1. The van der Waals surface area contributed by atoms with Crippen molar-refractivity contribution in [1.29, 1.82) is 0 Å². The van der Waals surface area contributed by atoms with E-state index in [0.29, 0.717) is 13.0 Å². The average Bonchev–Trinajstić information content (AvgIpc) is 2.31. The summed E-state index contributed by atoms with van der Waals surface area (Å²) >= 11 is 0. The molecule has 23 heavy (non-hydrogen) atoms. The van der Waals surface area contributed by atoms with E-state index < -0.39 is 31.1 Å². The van der Waals surface area contributed by atoms with Gasteiger partial charge in [-0.15, -0.1) is 4.89 Å². The molecule has 0 aromatic heterocycles. The molecule has 12 heteroatoms. The molecule has 0 aliphatic carbocycles. The van der Waals surface area contributed by atoms with Crippen molar-refractivity contribution < 1.29 is 38.2 Å². The Morgan fingerprint density at radius 3 is 2.26 bits per heavy atom. The minimum atomic E-state index is -3.14. The van der Waals surface area contributed by atoms with E-state index in [1.165, 1.54) is 0 Å². The molecule has 0 radical (unpaired) electrons. The van der Waals surface area contributed by atoms with Crippen LogP contribution in [0.1, 0.15) is 25.7 Å². The van der Waals surface area contributed by atoms with Gasteiger partial charge in [0.25, 0.3) is 0 Å². The number of rotatable bonds is 13. The van der Waals surface area contributed by atoms with Crippen LogP contribution in [0.4, 0.5) is 0 Å². The molecule has 0 aromatic carbocycles. The highest BCUT2D eigenvalue weighted by Crippen LogP contribution is 2.38. The third-order valence-corrected chi connectivity index (χ3v) is 5.52. The van der Waals surface area contributed by atoms with Gasteiger partial charge >= 0.3 is 22.8 Å². The summed E-state index contributed by atoms with van der Waals surface area (Å²) in [5.41, 5.74) is 0. The molecular formula is C11H28NO8P2Si+. The molecule has 5 N–H and O–H groups in total. The van der Waals surface area contributed by atoms with Crippen LogP contribution in [0.2, 0.25) is 19.1 Å². The van der Waals surface area contributed by atoms with Crippen LogP contribution in [0.5, 0.6) is 0 Å². The fourth-order valence-corrected chi connectivity index (χ4v) is 3.91. The largest absolute Gasteiger partial charge is 0.700 e. The van der Waals surface area contributed by atoms with E-state index in [9.17, 15) is 14.5 Å². The highest BCUT2D eigenvalue weighted by atomic mass is 31.2. The number of hydrogen-bond donors (Lipinski definition) is 5. The summed E-state index contributed by atoms with van der Waals surface area (Å²) in [7, 11) is -6.17. The topological polar surface area (TPSA) is 140 Å². The molecule has 0 rings (SSSR count). The molecule has 2 atom stereocenters. The van der Waals surface area contributed by atoms with Crippen molar-refractivity contribution in [2.24, 2.45) is 0 Å². The van der Waals surface area contributed by atoms with Crippen molar-refractivity contribution in [3.63, 3.8) is 0 Å². The third kappa shape index (κ3) is 14.5. The zero-order chi connectivity index (χ0) is 18.1. The first-order chi connectivity index (χ1) is 10.4. The van der Waals surface area contributed by atoms with Crippen LogP contribution < -0.4 is 0 Å². The molecule has 0 spiro atoms. The van der Waals surface area contributed by atoms with Crippen molar-refractivity contribution in [3.05, 3.63) is 0 Å². The van der Waals surface area contributed by atoms with Gasteiger partial charge in [-0.3, -0.25) is 4.52 Å². The van der Waals surface area contributed by atoms with Gasteiger partial charge in [0.2, 0.25) is 0 Å². The van der Waals surface area contributed by atoms with Gasteiger partial charge in [0.1, 0.15) is 0 Å². The molecule has 0 heterocycles. The van der Waals surface area contributed by atoms with Crippen LogP contribution in [0.15, 0.2) is 0 Å². The van der Waals surface area contributed by atoms with Gasteiger partial charge in [-0.1, -0.05) is 10.9 Å². The third-order valence-electron chi connectivity index (χ3n) is 3.06. The lowest BCUT2D eigenvalue weighted by molar-refractivity contribution is -0.280. The van der Waals surface area contributed by atoms with Crippen molar-refractivity contribution in [1.82, 2.24) is 4.90 Å². The Morgan fingerprint density at radius 1 is 1.22 bits per heavy atom. The van der Waals surface area contributed by atoms with Crippen LogP contribution in [-0.2, 0) is 13.6 Å². The fraction of sp³-hybridized carbons (Fsp3) is 1.00. The molecular weight excluding hydrogens is 364 g/mol. The molecule has 0 saturated carbocycles. The molecule has 0 amide bonds. The monoisotopic (exact) mass is 392 g/mol. The lowest BCUT2D eigenvalue weighted by Gasteiger charge is -2.23. The van der Waals surface area contributed by atoms with Gasteiger partial charge in [-0.2, -0.15) is 0 Å². The maximum Gasteiger partial charge on any atom is 0.700 e. The summed E-state index contributed by atoms with van der Waals surface area (Å²) < 4.78 is 19.4. The zero-order valence-corrected chi connectivity index (χ0v) is 16.5. The predicted octanol–water partition coefficient (Wildman–Crippen LogP) is 1.22. The second-order valence-electron chi connectivity index (χ2n) is 6.06. The van der Waals surface area contributed by atoms with Gasteiger partial charge in [0, 0.05) is 11.0 Å². The SMILES string of the molecule is CN(CCCC[Si](C)(C)O)CCCC(O)(OP(O)O)O[P+](=O)O. The molecule has 0 aliphatic heterocycles. The molecule has 0 aliphatic rings. The van der Waals surface area contributed by atoms with Crippen molar-refractivity contribution >= 4 is 25.2 Å². The molecule has 138 valence electrons. The van der Waals surface area contributed by atoms with Gasteiger partial charge in [0.15, 0.2) is 8.32 Å². The first-order valence-corrected chi connectivity index (χ1v) is 12.7. The second-order valence-corrected chi connectivity index (χ2v) is 11.5. The molecule has 0 bridgehead atoms. The highest BCUT2D eigenvalue weighted by Gasteiger charge is 2.42. The molecule has 0 fully saturated rings. The number of aliphatic hydroxyl groups is 1. The van der Waals surface area contributed by atoms with Crippen LogP contribution in [-0.4, -0.2) is 63.9 Å². The van der Waals surface area contributed by atoms with Crippen molar-refractivity contribution in [3.8, 4) is 0 Å². The Balaban J connectivity index is 4.05. The van der Waals surface area contributed by atoms with E-state index in [4.69, 9.17) is 14.7 Å². The van der Waals surface area contributed by atoms with E-state index in [1.54, 1.807) is 0 Å². The van der Waals surface area contributed by atoms with E-state index in [-0.39, 0.29) is 6.42 Å². The van der Waals surface area contributed by atoms with Gasteiger partial charge in [-0.05, 0) is 52.1 Å². The Morgan fingerprint density at radius 2 is 1.78 bits per heavy atom. The highest BCUT2D eigenvalue weighted by molar-refractivity contribution is 7.39. The van der Waals surface area contributed by atoms with Crippen LogP contribution >= 0.6 is 16.9 Å². The van der Waals surface area contributed by atoms with E-state index in [0.717, 1.165) is 25.4 Å². The maximum atomic E-state index is 10.7. The first kappa shape index (κ1) is 23.4. The molecule has 0 saturated heterocycles. The van der Waals surface area contributed by atoms with Gasteiger partial charge in [0.05, 0.1) is 0 Å². The quantitative estimate of drug-likeness (QED) is 0.135. The summed E-state index contributed by atoms with van der Waals surface area (Å²) in [4.78, 5) is 38.0. The van der Waals surface area contributed by atoms with E-state index in [2.05, 4.69) is 9.05 Å². The standard InChI is InChI=1S/C11H27NO8P2Si/c1-12(8-4-5-10-23(2,3)18)9-6-7-11(13,19-21(14)15)20-22(16)17/h13-15,18H,4-10H2,1-3H3/p+1. The Hall–Kier alpha value is 0.427. The summed E-state index contributed by atoms with van der Waals surface area (Å²) in [6, 6.07) is 0.850. The first-order valence-electron chi connectivity index (χ1n) is 7.29. The van der Waals surface area contributed by atoms with Crippen LogP contribution in [0, 0.1) is 0 Å². The zero-order valence-electron chi connectivity index (χ0n) is 13.8. The number of nitrogens with zero attached hydrogens (tertiary/aromatic N) is 1. The fourth-order valence-electron chi connectivity index (χ4n) is 1.98. The summed E-state index contributed by atoms with van der Waals surface area (Å²) in [5.74, 6) is -2.50. The number of hydrogen-bond acceptors (Lipinski definition) is 8. The molecule has 2 unspecified atom stereocenters. The van der Waals surface area contributed by atoms with E-state index >= 15 is 0 Å². The Bertz CT molecular complexity index is 357. The Kier molecular flexibility index (Phi) is 11.3. The van der Waals surface area contributed by atoms with Crippen molar-refractivity contribution in [2.45, 2.75) is 50.8 Å². The predicted molar refractivity (Wildman–Crippen MR) is 88.8 cm³/mol. The average molecular weight is 392 g/mol. The lowest BCUT2D eigenvalue weighted by Crippen LogP contribution is -2.33. The van der Waals surface area contributed by atoms with Crippen LogP contribution in [0.25, 0.3) is 0 Å². The smallest absolute Gasteiger partial charge is 0.432 e. The summed E-state index contributed by atoms with van der Waals surface area (Å²) in [6.45, 7) is 5.18. The minimum Gasteiger partial charge on any atom is -0.432 e. The van der Waals surface area contributed by atoms with Gasteiger partial charge < -0.3 is 24.6 Å². The van der Waals surface area contributed by atoms with Crippen LogP contribution in [0.3, 0.4) is 0 Å². The lowest BCUT2D eigenvalue weighted by atomic mass is 10.2. The van der Waals surface area contributed by atoms with Gasteiger partial charge in [-0.25, -0.2) is 0 Å². The number of unbranched alkanes of at least 4 members (excludes halogenated alkanes) is 1. The molecule has 9 nitrogen and oxygen atoms in total. The Labute approximate surface area is 139 Å². The minimum absolute atomic E-state index is 0.185. The summed E-state index contributed by atoms with van der Waals surface area (Å²) in [5, 5.41) is 9.83. The van der Waals surface area contributed by atoms with E-state index in [1.807, 2.05) is 25.0 Å². The maximum absolute atomic E-state index is 10.7. The van der Waals surface area contributed by atoms with Crippen molar-refractivity contribution in [2.75, 3.05) is 20.1 Å². The normalized spacial score (nSPS) is 16.0. The molecule has 0 aromatic rings. The summed E-state index contributed by atoms with van der Waals surface area (Å²) in [6.07, 6.45) is 2.06.